The first-order valence-electron chi connectivity index (χ1n) is 9.00. The normalized spacial score (nSPS) is 24.1. The van der Waals surface area contributed by atoms with Crippen LogP contribution in [0.15, 0.2) is 47.5 Å². The Labute approximate surface area is 177 Å². The van der Waals surface area contributed by atoms with E-state index in [0.29, 0.717) is 10.9 Å². The molecule has 2 heterocycles. The molecule has 2 aromatic rings. The van der Waals surface area contributed by atoms with Gasteiger partial charge in [-0.3, -0.25) is 4.79 Å². The molecule has 0 bridgehead atoms. The van der Waals surface area contributed by atoms with Crippen molar-refractivity contribution in [1.82, 2.24) is 0 Å². The first kappa shape index (κ1) is 20.4. The predicted molar refractivity (Wildman–Crippen MR) is 115 cm³/mol. The molecule has 1 amide bonds. The SMILES string of the molecule is Cc1ccc(CC(=O)N=C2S[C@H]3CS(=O)(=O)C[C@@H]3N2c2ccc(Cl)c(F)c2)cc1. The predicted octanol–water partition coefficient (Wildman–Crippen LogP) is 3.63. The molecule has 0 radical (unpaired) electrons. The maximum absolute atomic E-state index is 14.0. The van der Waals surface area contributed by atoms with Gasteiger partial charge in [0.1, 0.15) is 5.82 Å². The van der Waals surface area contributed by atoms with E-state index in [2.05, 4.69) is 4.99 Å². The number of aryl methyl sites for hydroxylation is 1. The Balaban J connectivity index is 1.65. The zero-order valence-corrected chi connectivity index (χ0v) is 17.9. The number of nitrogens with zero attached hydrogens (tertiary/aromatic N) is 2. The molecule has 0 saturated carbocycles. The topological polar surface area (TPSA) is 66.8 Å². The molecule has 2 atom stereocenters. The average molecular weight is 453 g/mol. The van der Waals surface area contributed by atoms with Crippen molar-refractivity contribution in [3.8, 4) is 0 Å². The van der Waals surface area contributed by atoms with E-state index in [-0.39, 0.29) is 34.1 Å². The molecule has 2 aliphatic rings. The number of aliphatic imine (C=N–C) groups is 1. The lowest BCUT2D eigenvalue weighted by Gasteiger charge is -2.24. The second-order valence-electron chi connectivity index (χ2n) is 7.22. The monoisotopic (exact) mass is 452 g/mol. The summed E-state index contributed by atoms with van der Waals surface area (Å²) >= 11 is 7.05. The molecule has 2 aromatic carbocycles. The van der Waals surface area contributed by atoms with E-state index in [1.165, 1.54) is 23.9 Å². The average Bonchev–Trinajstić information content (AvgIpc) is 3.10. The van der Waals surface area contributed by atoms with E-state index in [9.17, 15) is 17.6 Å². The van der Waals surface area contributed by atoms with Gasteiger partial charge in [-0.1, -0.05) is 53.2 Å². The largest absolute Gasteiger partial charge is 0.315 e. The van der Waals surface area contributed by atoms with Crippen LogP contribution < -0.4 is 4.90 Å². The number of carbonyl (C=O) groups is 1. The van der Waals surface area contributed by atoms with E-state index < -0.39 is 21.7 Å². The first-order chi connectivity index (χ1) is 13.7. The number of thioether (sulfide) groups is 1. The van der Waals surface area contributed by atoms with Crippen LogP contribution in [0.3, 0.4) is 0 Å². The Morgan fingerprint density at radius 3 is 2.66 bits per heavy atom. The molecule has 0 N–H and O–H groups in total. The van der Waals surface area contributed by atoms with Gasteiger partial charge in [-0.2, -0.15) is 4.99 Å². The van der Waals surface area contributed by atoms with Gasteiger partial charge < -0.3 is 4.90 Å². The highest BCUT2D eigenvalue weighted by Gasteiger charge is 2.49. The van der Waals surface area contributed by atoms with E-state index in [0.717, 1.165) is 11.1 Å². The molecule has 2 saturated heterocycles. The van der Waals surface area contributed by atoms with Crippen LogP contribution >= 0.6 is 23.4 Å². The molecule has 0 aliphatic carbocycles. The van der Waals surface area contributed by atoms with Crippen LogP contribution in [0.5, 0.6) is 0 Å². The highest BCUT2D eigenvalue weighted by Crippen LogP contribution is 2.41. The van der Waals surface area contributed by atoms with Gasteiger partial charge in [-0.05, 0) is 30.7 Å². The van der Waals surface area contributed by atoms with Crippen molar-refractivity contribution in [2.45, 2.75) is 24.6 Å². The van der Waals surface area contributed by atoms with Crippen molar-refractivity contribution >= 4 is 50.0 Å². The summed E-state index contributed by atoms with van der Waals surface area (Å²) in [5.74, 6) is -0.984. The van der Waals surface area contributed by atoms with Crippen molar-refractivity contribution in [2.75, 3.05) is 16.4 Å². The van der Waals surface area contributed by atoms with Crippen LogP contribution in [0.4, 0.5) is 10.1 Å². The van der Waals surface area contributed by atoms with E-state index in [1.807, 2.05) is 31.2 Å². The van der Waals surface area contributed by atoms with Crippen molar-refractivity contribution in [2.24, 2.45) is 4.99 Å². The standard InChI is InChI=1S/C20H18ClFN2O3S2/c1-12-2-4-13(5-3-12)8-19(25)23-20-24(14-6-7-15(21)16(22)9-14)17-10-29(26,27)11-18(17)28-20/h2-7,9,17-18H,8,10-11H2,1H3/t17-,18-/m0/s1. The summed E-state index contributed by atoms with van der Waals surface area (Å²) in [6.45, 7) is 1.97. The smallest absolute Gasteiger partial charge is 0.252 e. The molecule has 9 heteroatoms. The summed E-state index contributed by atoms with van der Waals surface area (Å²) in [6.07, 6.45) is 0.140. The maximum atomic E-state index is 14.0. The Morgan fingerprint density at radius 2 is 1.97 bits per heavy atom. The minimum atomic E-state index is -3.19. The number of anilines is 1. The molecule has 5 nitrogen and oxygen atoms in total. The van der Waals surface area contributed by atoms with Crippen LogP contribution in [0.2, 0.25) is 5.02 Å². The van der Waals surface area contributed by atoms with Crippen molar-refractivity contribution < 1.29 is 17.6 Å². The molecule has 2 aliphatic heterocycles. The van der Waals surface area contributed by atoms with Crippen LogP contribution in [0, 0.1) is 12.7 Å². The van der Waals surface area contributed by atoms with Crippen molar-refractivity contribution in [1.29, 1.82) is 0 Å². The third-order valence-electron chi connectivity index (χ3n) is 4.94. The number of carbonyl (C=O) groups excluding carboxylic acids is 1. The summed E-state index contributed by atoms with van der Waals surface area (Å²) in [5, 5.41) is 0.128. The number of hydrogen-bond acceptors (Lipinski definition) is 4. The van der Waals surface area contributed by atoms with Crippen LogP contribution in [-0.4, -0.2) is 42.3 Å². The first-order valence-corrected chi connectivity index (χ1v) is 12.1. The lowest BCUT2D eigenvalue weighted by atomic mass is 10.1. The van der Waals surface area contributed by atoms with E-state index >= 15 is 0 Å². The molecule has 2 fully saturated rings. The van der Waals surface area contributed by atoms with Gasteiger partial charge in [0.15, 0.2) is 15.0 Å². The third kappa shape index (κ3) is 4.34. The molecule has 4 rings (SSSR count). The summed E-state index contributed by atoms with van der Waals surface area (Å²) in [4.78, 5) is 18.5. The third-order valence-corrected chi connectivity index (χ3v) is 8.46. The van der Waals surface area contributed by atoms with E-state index in [1.54, 1.807) is 11.0 Å². The van der Waals surface area contributed by atoms with Crippen LogP contribution in [-0.2, 0) is 21.1 Å². The Kier molecular flexibility index (Phi) is 5.44. The van der Waals surface area contributed by atoms with Gasteiger partial charge in [-0.25, -0.2) is 12.8 Å². The highest BCUT2D eigenvalue weighted by atomic mass is 35.5. The number of benzene rings is 2. The lowest BCUT2D eigenvalue weighted by Crippen LogP contribution is -2.37. The minimum Gasteiger partial charge on any atom is -0.315 e. The number of fused-ring (bicyclic) bond motifs is 1. The fraction of sp³-hybridized carbons (Fsp3) is 0.300. The molecule has 152 valence electrons. The number of rotatable bonds is 3. The van der Waals surface area contributed by atoms with Gasteiger partial charge >= 0.3 is 0 Å². The Morgan fingerprint density at radius 1 is 1.24 bits per heavy atom. The van der Waals surface area contributed by atoms with Gasteiger partial charge in [0, 0.05) is 10.9 Å². The zero-order valence-electron chi connectivity index (χ0n) is 15.5. The van der Waals surface area contributed by atoms with Gasteiger partial charge in [0.25, 0.3) is 5.91 Å². The molecule has 29 heavy (non-hydrogen) atoms. The fourth-order valence-electron chi connectivity index (χ4n) is 3.53. The molecule has 0 unspecified atom stereocenters. The number of hydrogen-bond donors (Lipinski definition) is 0. The van der Waals surface area contributed by atoms with Crippen molar-refractivity contribution in [3.05, 3.63) is 64.4 Å². The van der Waals surface area contributed by atoms with E-state index in [4.69, 9.17) is 11.6 Å². The van der Waals surface area contributed by atoms with Crippen LogP contribution in [0.25, 0.3) is 0 Å². The van der Waals surface area contributed by atoms with Crippen molar-refractivity contribution in [3.63, 3.8) is 0 Å². The minimum absolute atomic E-state index is 0.0140. The number of sulfone groups is 1. The lowest BCUT2D eigenvalue weighted by molar-refractivity contribution is -0.117. The Bertz CT molecular complexity index is 1100. The number of amides is 1. The summed E-state index contributed by atoms with van der Waals surface area (Å²) < 4.78 is 38.2. The van der Waals surface area contributed by atoms with Gasteiger partial charge in [0.2, 0.25) is 0 Å². The Hall–Kier alpha value is -1.90. The molecular formula is C20H18ClFN2O3S2. The maximum Gasteiger partial charge on any atom is 0.252 e. The number of amidine groups is 1. The second-order valence-corrected chi connectivity index (χ2v) is 11.0. The van der Waals surface area contributed by atoms with Gasteiger partial charge in [0.05, 0.1) is 29.0 Å². The fourth-order valence-corrected chi connectivity index (χ4v) is 7.58. The molecular weight excluding hydrogens is 435 g/mol. The van der Waals surface area contributed by atoms with Crippen LogP contribution in [0.1, 0.15) is 11.1 Å². The quantitative estimate of drug-likeness (QED) is 0.711. The molecule has 0 aromatic heterocycles. The second kappa shape index (κ2) is 7.74. The number of halogens is 2. The summed E-state index contributed by atoms with van der Waals surface area (Å²) in [7, 11) is -3.19. The highest BCUT2D eigenvalue weighted by molar-refractivity contribution is 8.16. The molecule has 0 spiro atoms. The zero-order chi connectivity index (χ0) is 20.8. The summed E-state index contributed by atoms with van der Waals surface area (Å²) in [6, 6.07) is 11.5. The van der Waals surface area contributed by atoms with Gasteiger partial charge in [-0.15, -0.1) is 0 Å². The summed E-state index contributed by atoms with van der Waals surface area (Å²) in [5.41, 5.74) is 2.38.